The predicted octanol–water partition coefficient (Wildman–Crippen LogP) is 2.77. The van der Waals surface area contributed by atoms with Crippen molar-refractivity contribution in [2.75, 3.05) is 19.7 Å². The van der Waals surface area contributed by atoms with Gasteiger partial charge in [0.15, 0.2) is 0 Å². The predicted molar refractivity (Wildman–Crippen MR) is 186 cm³/mol. The number of alkyl carbamates (subject to hydrolysis) is 1. The topological polar surface area (TPSA) is 181 Å². The van der Waals surface area contributed by atoms with Gasteiger partial charge in [0.2, 0.25) is 21.8 Å². The fourth-order valence-electron chi connectivity index (χ4n) is 7.11. The third-order valence-corrected chi connectivity index (χ3v) is 12.2. The third kappa shape index (κ3) is 7.77. The molecule has 0 radical (unpaired) electrons. The molecule has 5 atom stereocenters. The molecular weight excluding hydrogens is 678 g/mol. The van der Waals surface area contributed by atoms with E-state index in [0.29, 0.717) is 45.2 Å². The van der Waals surface area contributed by atoms with E-state index >= 15 is 0 Å². The molecule has 5 amide bonds. The van der Waals surface area contributed by atoms with Gasteiger partial charge in [-0.05, 0) is 60.6 Å². The Balaban J connectivity index is 1.27. The smallest absolute Gasteiger partial charge is 0.410 e. The minimum Gasteiger partial charge on any atom is -0.450 e. The summed E-state index contributed by atoms with van der Waals surface area (Å²) >= 11 is 0. The van der Waals surface area contributed by atoms with Crippen LogP contribution >= 0.6 is 0 Å². The highest BCUT2D eigenvalue weighted by Crippen LogP contribution is 2.45. The zero-order valence-corrected chi connectivity index (χ0v) is 30.1. The van der Waals surface area contributed by atoms with E-state index in [1.807, 2.05) is 30.4 Å². The lowest BCUT2D eigenvalue weighted by Gasteiger charge is -2.35. The van der Waals surface area contributed by atoms with Crippen LogP contribution in [-0.2, 0) is 46.8 Å². The molecule has 1 aromatic rings. The fourth-order valence-corrected chi connectivity index (χ4v) is 8.48. The summed E-state index contributed by atoms with van der Waals surface area (Å²) in [5.41, 5.74) is 0.801. The van der Waals surface area contributed by atoms with Crippen LogP contribution in [0.15, 0.2) is 36.9 Å². The van der Waals surface area contributed by atoms with E-state index in [-0.39, 0.29) is 26.0 Å². The maximum absolute atomic E-state index is 14.3. The monoisotopic (exact) mass is 725 g/mol. The van der Waals surface area contributed by atoms with Crippen LogP contribution in [0.2, 0.25) is 0 Å². The van der Waals surface area contributed by atoms with Gasteiger partial charge < -0.3 is 29.9 Å². The van der Waals surface area contributed by atoms with Crippen molar-refractivity contribution in [2.45, 2.75) is 101 Å². The van der Waals surface area contributed by atoms with Crippen LogP contribution in [0.1, 0.15) is 76.0 Å². The molecule has 4 aliphatic heterocycles. The van der Waals surface area contributed by atoms with Crippen molar-refractivity contribution in [2.24, 2.45) is 11.3 Å². The van der Waals surface area contributed by atoms with Crippen molar-refractivity contribution in [3.63, 3.8) is 0 Å². The van der Waals surface area contributed by atoms with E-state index in [4.69, 9.17) is 9.47 Å². The molecule has 1 saturated heterocycles. The fraction of sp³-hybridized carbons (Fsp3) is 0.583. The lowest BCUT2D eigenvalue weighted by Crippen LogP contribution is -2.60. The number of amides is 5. The summed E-state index contributed by atoms with van der Waals surface area (Å²) < 4.78 is 38.8. The van der Waals surface area contributed by atoms with Gasteiger partial charge in [-0.15, -0.1) is 6.58 Å². The SMILES string of the molecule is C=C[C@@H]1C[C@]1(NC(=O)[C@@H]1C[C@@H]2CN1C(=O)[C@H](C(C)(C)C)NC(=O)OCCCC=Cc1cccc3c1CCN(C3)C(=O)O2)C(=O)NS(=O)(=O)C1CC1. The number of nitrogens with zero attached hydrogens (tertiary/aromatic N) is 2. The maximum Gasteiger partial charge on any atom is 0.410 e. The van der Waals surface area contributed by atoms with E-state index in [2.05, 4.69) is 21.9 Å². The second kappa shape index (κ2) is 14.0. The van der Waals surface area contributed by atoms with Gasteiger partial charge in [-0.2, -0.15) is 0 Å². The summed E-state index contributed by atoms with van der Waals surface area (Å²) in [4.78, 5) is 71.3. The van der Waals surface area contributed by atoms with Crippen LogP contribution in [0.4, 0.5) is 9.59 Å². The highest BCUT2D eigenvalue weighted by Gasteiger charge is 2.62. The normalized spacial score (nSPS) is 28.6. The molecule has 15 heteroatoms. The summed E-state index contributed by atoms with van der Waals surface area (Å²) in [6.07, 6.45) is 6.05. The van der Waals surface area contributed by atoms with Crippen molar-refractivity contribution >= 4 is 46.0 Å². The number of carbonyl (C=O) groups excluding carboxylic acids is 5. The molecule has 2 aliphatic carbocycles. The molecule has 0 unspecified atom stereocenters. The molecule has 7 rings (SSSR count). The number of allylic oxidation sites excluding steroid dienone is 1. The first-order valence-electron chi connectivity index (χ1n) is 17.6. The summed E-state index contributed by atoms with van der Waals surface area (Å²) in [5.74, 6) is -2.72. The highest BCUT2D eigenvalue weighted by atomic mass is 32.2. The second-order valence-electron chi connectivity index (χ2n) is 15.2. The van der Waals surface area contributed by atoms with Crippen molar-refractivity contribution in [1.29, 1.82) is 0 Å². The summed E-state index contributed by atoms with van der Waals surface area (Å²) in [6, 6.07) is 3.60. The van der Waals surface area contributed by atoms with Crippen molar-refractivity contribution in [3.05, 3.63) is 53.6 Å². The Morgan fingerprint density at radius 2 is 1.92 bits per heavy atom. The van der Waals surface area contributed by atoms with Crippen LogP contribution in [0.25, 0.3) is 6.08 Å². The summed E-state index contributed by atoms with van der Waals surface area (Å²) in [6.45, 7) is 9.78. The number of sulfonamides is 1. The average Bonchev–Trinajstić information content (AvgIpc) is 4.00. The molecule has 14 nitrogen and oxygen atoms in total. The van der Waals surface area contributed by atoms with Gasteiger partial charge in [0.25, 0.3) is 5.91 Å². The van der Waals surface area contributed by atoms with Gasteiger partial charge in [0.05, 0.1) is 18.4 Å². The molecule has 3 fully saturated rings. The van der Waals surface area contributed by atoms with Crippen LogP contribution in [0.3, 0.4) is 0 Å². The molecule has 2 saturated carbocycles. The lowest BCUT2D eigenvalue weighted by atomic mass is 9.85. The Morgan fingerprint density at radius 1 is 1.16 bits per heavy atom. The van der Waals surface area contributed by atoms with E-state index in [1.165, 1.54) is 11.0 Å². The van der Waals surface area contributed by atoms with E-state index in [9.17, 15) is 32.4 Å². The van der Waals surface area contributed by atoms with Gasteiger partial charge in [-0.25, -0.2) is 18.0 Å². The molecule has 3 N–H and O–H groups in total. The largest absolute Gasteiger partial charge is 0.450 e. The van der Waals surface area contributed by atoms with Gasteiger partial charge >= 0.3 is 12.2 Å². The molecule has 4 heterocycles. The van der Waals surface area contributed by atoms with Gasteiger partial charge in [-0.3, -0.25) is 19.1 Å². The maximum atomic E-state index is 14.3. The quantitative estimate of drug-likeness (QED) is 0.372. The average molecular weight is 726 g/mol. The van der Waals surface area contributed by atoms with Crippen LogP contribution < -0.4 is 15.4 Å². The Morgan fingerprint density at radius 3 is 2.61 bits per heavy atom. The molecule has 6 bridgehead atoms. The number of carbonyl (C=O) groups is 5. The first-order chi connectivity index (χ1) is 24.1. The standard InChI is InChI=1S/C36H47N5O9S/c1-5-24-19-36(24,32(44)39-51(47,48)26-13-14-26)38-30(42)28-18-25-21-41(28)31(43)29(35(2,3)4)37-33(45)49-17-8-6-7-10-22-11-9-12-23-20-40(34(46)50-25)16-15-27(22)23/h5,7,9-12,24-26,28-29H,1,6,8,13-21H2,2-4H3,(H,37,45)(H,38,42)(H,39,44)/t24-,25-,28+,29-,36-/m1/s1. The minimum atomic E-state index is -3.91. The molecular formula is C36H47N5O9S. The van der Waals surface area contributed by atoms with E-state index < -0.39 is 80.2 Å². The third-order valence-electron chi connectivity index (χ3n) is 10.3. The molecule has 6 aliphatic rings. The Hall–Kier alpha value is -4.40. The number of hydrogen-bond donors (Lipinski definition) is 3. The number of fused-ring (bicyclic) bond motifs is 10. The van der Waals surface area contributed by atoms with Crippen LogP contribution in [0, 0.1) is 11.3 Å². The molecule has 1 aromatic carbocycles. The summed E-state index contributed by atoms with van der Waals surface area (Å²) in [5, 5.41) is 4.77. The van der Waals surface area contributed by atoms with E-state index in [1.54, 1.807) is 25.7 Å². The second-order valence-corrected chi connectivity index (χ2v) is 17.2. The van der Waals surface area contributed by atoms with Crippen LogP contribution in [-0.4, -0.2) is 96.8 Å². The Labute approximate surface area is 298 Å². The number of rotatable bonds is 6. The first kappa shape index (κ1) is 36.4. The lowest BCUT2D eigenvalue weighted by molar-refractivity contribution is -0.142. The zero-order valence-electron chi connectivity index (χ0n) is 29.3. The molecule has 0 spiro atoms. The number of benzene rings is 1. The van der Waals surface area contributed by atoms with Crippen molar-refractivity contribution in [1.82, 2.24) is 25.2 Å². The Kier molecular flexibility index (Phi) is 9.96. The molecule has 276 valence electrons. The van der Waals surface area contributed by atoms with Gasteiger partial charge in [-0.1, -0.05) is 57.2 Å². The number of hydrogen-bond acceptors (Lipinski definition) is 9. The van der Waals surface area contributed by atoms with Gasteiger partial charge in [0, 0.05) is 25.4 Å². The first-order valence-corrected chi connectivity index (χ1v) is 19.1. The Bertz CT molecular complexity index is 1750. The van der Waals surface area contributed by atoms with E-state index in [0.717, 1.165) is 16.7 Å². The summed E-state index contributed by atoms with van der Waals surface area (Å²) in [7, 11) is -3.91. The molecule has 51 heavy (non-hydrogen) atoms. The van der Waals surface area contributed by atoms with Gasteiger partial charge in [0.1, 0.15) is 23.7 Å². The highest BCUT2D eigenvalue weighted by molar-refractivity contribution is 7.91. The molecule has 0 aromatic heterocycles. The minimum absolute atomic E-state index is 0.0825. The number of ether oxygens (including phenoxy) is 2. The zero-order chi connectivity index (χ0) is 36.7. The number of nitrogens with one attached hydrogen (secondary N) is 3. The van der Waals surface area contributed by atoms with Crippen molar-refractivity contribution in [3.8, 4) is 0 Å². The van der Waals surface area contributed by atoms with Crippen LogP contribution in [0.5, 0.6) is 0 Å². The van der Waals surface area contributed by atoms with Crippen molar-refractivity contribution < 1.29 is 41.9 Å².